The number of fused-ring (bicyclic) bond motifs is 2. The third-order valence-electron chi connectivity index (χ3n) is 5.83. The van der Waals surface area contributed by atoms with Crippen molar-refractivity contribution in [1.29, 1.82) is 0 Å². The molecular formula is C18H20N3O6+. The number of rotatable bonds is 6. The lowest BCUT2D eigenvalue weighted by Gasteiger charge is -2.45. The van der Waals surface area contributed by atoms with Crippen molar-refractivity contribution in [2.75, 3.05) is 19.6 Å². The zero-order valence-corrected chi connectivity index (χ0v) is 14.8. The van der Waals surface area contributed by atoms with Gasteiger partial charge in [0.05, 0.1) is 6.54 Å². The van der Waals surface area contributed by atoms with Gasteiger partial charge in [0.2, 0.25) is 5.78 Å². The van der Waals surface area contributed by atoms with Crippen LogP contribution in [0.4, 0.5) is 0 Å². The Bertz CT molecular complexity index is 839. The minimum absolute atomic E-state index is 0.00259. The second kappa shape index (κ2) is 6.66. The number of Topliss-reactive ketones (excluding diaryl/α,β-unsaturated/α-hetero) is 1. The highest BCUT2D eigenvalue weighted by Gasteiger charge is 2.76. The zero-order chi connectivity index (χ0) is 19.8. The van der Waals surface area contributed by atoms with Crippen molar-refractivity contribution in [2.45, 2.75) is 24.4 Å². The summed E-state index contributed by atoms with van der Waals surface area (Å²) < 4.78 is 0. The van der Waals surface area contributed by atoms with Crippen LogP contribution in [0.15, 0.2) is 42.5 Å². The molecule has 1 aromatic carbocycles. The fourth-order valence-electron chi connectivity index (χ4n) is 4.36. The Morgan fingerprint density at radius 2 is 1.85 bits per heavy atom. The van der Waals surface area contributed by atoms with Crippen LogP contribution in [0.25, 0.3) is 0 Å². The standard InChI is InChI=1S/C18H19N3O6/c1-2-19-11-17(20(24)25)9-8-16(23)18(12-19,21(26)27)15(17)10-14(22)13-6-4-3-5-7-13/h3-9,15H,2,10-12H2,1H3/p+1/t15-,17+,18+/m0/s1. The highest BCUT2D eigenvalue weighted by molar-refractivity contribution is 6.01. The molecule has 1 aliphatic carbocycles. The molecule has 1 aliphatic heterocycles. The smallest absolute Gasteiger partial charge is 0.322 e. The van der Waals surface area contributed by atoms with Gasteiger partial charge < -0.3 is 4.90 Å². The Morgan fingerprint density at radius 1 is 1.19 bits per heavy atom. The molecule has 0 spiro atoms. The number of likely N-dealkylation sites (tertiary alicyclic amines) is 1. The molecule has 1 aromatic rings. The molecule has 0 radical (unpaired) electrons. The van der Waals surface area contributed by atoms with Gasteiger partial charge in [-0.05, 0) is 13.0 Å². The number of carbonyl (C=O) groups is 2. The van der Waals surface area contributed by atoms with Crippen LogP contribution in [0.2, 0.25) is 0 Å². The van der Waals surface area contributed by atoms with Gasteiger partial charge in [-0.2, -0.15) is 0 Å². The minimum atomic E-state index is -2.17. The first kappa shape index (κ1) is 18.8. The van der Waals surface area contributed by atoms with Crippen molar-refractivity contribution in [3.63, 3.8) is 0 Å². The quantitative estimate of drug-likeness (QED) is 0.423. The Morgan fingerprint density at radius 3 is 2.41 bits per heavy atom. The highest BCUT2D eigenvalue weighted by atomic mass is 16.6. The van der Waals surface area contributed by atoms with E-state index in [2.05, 4.69) is 0 Å². The molecule has 2 aliphatic rings. The number of likely N-dealkylation sites (N-methyl/N-ethyl adjacent to an activating group) is 1. The Labute approximate surface area is 154 Å². The van der Waals surface area contributed by atoms with E-state index in [0.29, 0.717) is 17.0 Å². The van der Waals surface area contributed by atoms with Crippen molar-refractivity contribution in [3.05, 3.63) is 68.3 Å². The van der Waals surface area contributed by atoms with E-state index in [1.54, 1.807) is 37.3 Å². The van der Waals surface area contributed by atoms with Gasteiger partial charge >= 0.3 is 5.54 Å². The predicted molar refractivity (Wildman–Crippen MR) is 93.7 cm³/mol. The molecule has 1 saturated heterocycles. The van der Waals surface area contributed by atoms with Crippen LogP contribution in [0.1, 0.15) is 23.7 Å². The number of nitrogens with one attached hydrogen (secondary N) is 1. The predicted octanol–water partition coefficient (Wildman–Crippen LogP) is -0.0361. The molecule has 0 amide bonds. The highest BCUT2D eigenvalue weighted by Crippen LogP contribution is 2.42. The van der Waals surface area contributed by atoms with Gasteiger partial charge in [0.15, 0.2) is 18.9 Å². The second-order valence-electron chi connectivity index (χ2n) is 7.13. The van der Waals surface area contributed by atoms with Gasteiger partial charge in [0.25, 0.3) is 5.54 Å². The van der Waals surface area contributed by atoms with E-state index in [9.17, 15) is 29.8 Å². The summed E-state index contributed by atoms with van der Waals surface area (Å²) in [5, 5.41) is 24.1. The maximum absolute atomic E-state index is 12.7. The molecule has 9 nitrogen and oxygen atoms in total. The number of carbonyl (C=O) groups excluding carboxylic acids is 2. The largest absolute Gasteiger partial charge is 0.340 e. The molecule has 0 aromatic heterocycles. The molecule has 1 heterocycles. The van der Waals surface area contributed by atoms with E-state index < -0.39 is 44.8 Å². The van der Waals surface area contributed by atoms with Crippen LogP contribution in [0.5, 0.6) is 0 Å². The maximum atomic E-state index is 12.7. The van der Waals surface area contributed by atoms with E-state index in [4.69, 9.17) is 0 Å². The molecule has 2 bridgehead atoms. The summed E-state index contributed by atoms with van der Waals surface area (Å²) in [5.74, 6) is -2.56. The Kier molecular flexibility index (Phi) is 4.64. The van der Waals surface area contributed by atoms with Gasteiger partial charge in [-0.1, -0.05) is 30.3 Å². The van der Waals surface area contributed by atoms with Gasteiger partial charge in [-0.3, -0.25) is 29.8 Å². The molecule has 27 heavy (non-hydrogen) atoms. The molecular weight excluding hydrogens is 354 g/mol. The first-order chi connectivity index (χ1) is 12.8. The summed E-state index contributed by atoms with van der Waals surface area (Å²) in [6.45, 7) is 2.01. The van der Waals surface area contributed by atoms with Crippen LogP contribution in [-0.4, -0.2) is 52.1 Å². The summed E-state index contributed by atoms with van der Waals surface area (Å²) in [6.07, 6.45) is 1.69. The van der Waals surface area contributed by atoms with Crippen molar-refractivity contribution in [3.8, 4) is 0 Å². The van der Waals surface area contributed by atoms with E-state index in [1.807, 2.05) is 0 Å². The number of benzene rings is 1. The van der Waals surface area contributed by atoms with Gasteiger partial charge in [0, 0.05) is 27.9 Å². The van der Waals surface area contributed by atoms with Crippen LogP contribution in [0, 0.1) is 26.1 Å². The maximum Gasteiger partial charge on any atom is 0.340 e. The summed E-state index contributed by atoms with van der Waals surface area (Å²) >= 11 is 0. The first-order valence-electron chi connectivity index (χ1n) is 8.72. The first-order valence-corrected chi connectivity index (χ1v) is 8.72. The van der Waals surface area contributed by atoms with Crippen molar-refractivity contribution in [1.82, 2.24) is 0 Å². The third-order valence-corrected chi connectivity index (χ3v) is 5.83. The van der Waals surface area contributed by atoms with Crippen LogP contribution >= 0.6 is 0 Å². The number of hydrogen-bond donors (Lipinski definition) is 1. The number of piperidine rings is 1. The third kappa shape index (κ3) is 2.74. The molecule has 9 heteroatoms. The average molecular weight is 374 g/mol. The molecule has 3 rings (SSSR count). The zero-order valence-electron chi connectivity index (χ0n) is 14.8. The molecule has 1 unspecified atom stereocenters. The van der Waals surface area contributed by atoms with Crippen molar-refractivity contribution >= 4 is 11.6 Å². The van der Waals surface area contributed by atoms with Gasteiger partial charge in [0.1, 0.15) is 5.92 Å². The van der Waals surface area contributed by atoms with Crippen LogP contribution in [-0.2, 0) is 4.79 Å². The van der Waals surface area contributed by atoms with E-state index in [0.717, 1.165) is 12.2 Å². The average Bonchev–Trinajstić information content (AvgIpc) is 2.65. The topological polar surface area (TPSA) is 125 Å². The summed E-state index contributed by atoms with van der Waals surface area (Å²) in [5.41, 5.74) is -3.68. The van der Waals surface area contributed by atoms with E-state index in [1.165, 1.54) is 0 Å². The number of hydrogen-bond acceptors (Lipinski definition) is 6. The molecule has 1 fully saturated rings. The van der Waals surface area contributed by atoms with Crippen LogP contribution in [0.3, 0.4) is 0 Å². The Balaban J connectivity index is 2.14. The van der Waals surface area contributed by atoms with Gasteiger partial charge in [-0.15, -0.1) is 0 Å². The van der Waals surface area contributed by atoms with Crippen molar-refractivity contribution < 1.29 is 24.3 Å². The fraction of sp³-hybridized carbons (Fsp3) is 0.444. The fourth-order valence-corrected chi connectivity index (χ4v) is 4.36. The summed E-state index contributed by atoms with van der Waals surface area (Å²) in [6, 6.07) is 8.13. The number of ketones is 2. The summed E-state index contributed by atoms with van der Waals surface area (Å²) in [4.78, 5) is 48.8. The van der Waals surface area contributed by atoms with Crippen LogP contribution < -0.4 is 4.90 Å². The molecule has 4 atom stereocenters. The number of quaternary nitrogens is 1. The van der Waals surface area contributed by atoms with Crippen molar-refractivity contribution in [2.24, 2.45) is 5.92 Å². The lowest BCUT2D eigenvalue weighted by atomic mass is 9.60. The lowest BCUT2D eigenvalue weighted by molar-refractivity contribution is -0.942. The monoisotopic (exact) mass is 374 g/mol. The SMILES string of the molecule is CC[NH+]1C[C@]2([N+](=O)[O-])C(=O)C=C[C@@]([N+](=O)[O-])(C1)[C@@H]2CC(=O)c1ccccc1. The molecule has 0 saturated carbocycles. The Hall–Kier alpha value is -2.94. The second-order valence-corrected chi connectivity index (χ2v) is 7.13. The van der Waals surface area contributed by atoms with Gasteiger partial charge in [-0.25, -0.2) is 0 Å². The minimum Gasteiger partial charge on any atom is -0.322 e. The lowest BCUT2D eigenvalue weighted by Crippen LogP contribution is -3.19. The van der Waals surface area contributed by atoms with E-state index >= 15 is 0 Å². The molecule has 142 valence electrons. The van der Waals surface area contributed by atoms with E-state index in [-0.39, 0.29) is 13.1 Å². The number of nitro groups is 2. The normalized spacial score (nSPS) is 32.1. The number of nitrogens with zero attached hydrogens (tertiary/aromatic N) is 2. The molecule has 1 N–H and O–H groups in total. The summed E-state index contributed by atoms with van der Waals surface area (Å²) in [7, 11) is 0.